The van der Waals surface area contributed by atoms with E-state index in [0.717, 1.165) is 87.5 Å². The maximum Gasteiger partial charge on any atom is 0.329 e. The van der Waals surface area contributed by atoms with E-state index in [0.29, 0.717) is 61.5 Å². The van der Waals surface area contributed by atoms with E-state index in [1.807, 2.05) is 43.6 Å². The number of aromatic nitrogens is 1. The molecular weight excluding hydrogens is 714 g/mol. The summed E-state index contributed by atoms with van der Waals surface area (Å²) in [5.41, 5.74) is 4.57. The molecule has 0 amide bonds. The van der Waals surface area contributed by atoms with Crippen LogP contribution in [0.2, 0.25) is 5.02 Å². The molecule has 296 valence electrons. The van der Waals surface area contributed by atoms with Crippen molar-refractivity contribution < 1.29 is 28.8 Å². The second-order valence-corrected chi connectivity index (χ2v) is 17.8. The first kappa shape index (κ1) is 38.3. The lowest BCUT2D eigenvalue weighted by atomic mass is 9.59. The highest BCUT2D eigenvalue weighted by molar-refractivity contribution is 6.30. The van der Waals surface area contributed by atoms with Crippen molar-refractivity contribution in [2.45, 2.75) is 107 Å². The molecule has 1 saturated heterocycles. The van der Waals surface area contributed by atoms with Gasteiger partial charge in [0.15, 0.2) is 11.5 Å². The van der Waals surface area contributed by atoms with Crippen LogP contribution < -0.4 is 19.5 Å². The van der Waals surface area contributed by atoms with Crippen molar-refractivity contribution >= 4 is 23.3 Å². The highest BCUT2D eigenvalue weighted by Crippen LogP contribution is 2.58. The summed E-state index contributed by atoms with van der Waals surface area (Å²) in [5, 5.41) is 14.7. The molecule has 0 radical (unpaired) electrons. The van der Waals surface area contributed by atoms with Gasteiger partial charge in [0.25, 0.3) is 0 Å². The maximum absolute atomic E-state index is 13.1. The molecule has 0 bridgehead atoms. The Morgan fingerprint density at radius 2 is 1.84 bits per heavy atom. The fourth-order valence-electron chi connectivity index (χ4n) is 10.6. The number of anilines is 1. The molecule has 1 saturated carbocycles. The van der Waals surface area contributed by atoms with Gasteiger partial charge in [0, 0.05) is 60.8 Å². The van der Waals surface area contributed by atoms with Crippen LogP contribution in [0.25, 0.3) is 0 Å². The molecule has 3 aromatic rings. The fraction of sp³-hybridized carbons (Fsp3) is 0.600. The van der Waals surface area contributed by atoms with E-state index in [-0.39, 0.29) is 11.3 Å². The molecule has 2 unspecified atom stereocenters. The van der Waals surface area contributed by atoms with E-state index < -0.39 is 11.5 Å². The number of likely N-dealkylation sites (tertiary alicyclic amines) is 1. The topological polar surface area (TPSA) is 102 Å². The first-order valence-corrected chi connectivity index (χ1v) is 21.1. The number of carboxylic acids is 1. The zero-order valence-electron chi connectivity index (χ0n) is 32.8. The molecule has 3 aliphatic carbocycles. The molecule has 2 aliphatic heterocycles. The highest BCUT2D eigenvalue weighted by Gasteiger charge is 2.54. The summed E-state index contributed by atoms with van der Waals surface area (Å²) >= 11 is 6.32. The maximum atomic E-state index is 13.1. The standard InChI is InChI=1S/C45H58ClN3O6/c1-29(26-53-39-10-17-47-38-9-4-6-30(2)42(38)39)20-33-21-32-22-40-41(55-28-31(27-54-40)25-49-18-11-36(52-3)12-19-49)24-37(32)44(33)13-15-45(16-14-44,43(50)51)48-35-8-5-7-34(46)23-35/h5,7-8,10,17,22-24,29-31,33,36,48H,4,6,9,11-16,18-21,25-28H2,1-3H3,(H,50,51)/t29-,30-,31?,33?,44?,45?/m1/s1. The Bertz CT molecular complexity index is 1840. The van der Waals surface area contributed by atoms with Crippen LogP contribution in [0, 0.1) is 17.8 Å². The number of carboxylic acid groups (broad SMARTS) is 1. The van der Waals surface area contributed by atoms with Crippen molar-refractivity contribution in [1.29, 1.82) is 0 Å². The Hall–Kier alpha value is -3.53. The fourth-order valence-corrected chi connectivity index (χ4v) is 10.8. The number of aryl methyl sites for hydroxylation is 1. The van der Waals surface area contributed by atoms with Gasteiger partial charge in [0.2, 0.25) is 0 Å². The monoisotopic (exact) mass is 771 g/mol. The zero-order valence-corrected chi connectivity index (χ0v) is 33.5. The van der Waals surface area contributed by atoms with Crippen LogP contribution in [0.1, 0.15) is 99.9 Å². The van der Waals surface area contributed by atoms with Crippen LogP contribution >= 0.6 is 11.6 Å². The van der Waals surface area contributed by atoms with Gasteiger partial charge in [-0.2, -0.15) is 0 Å². The largest absolute Gasteiger partial charge is 0.493 e. The van der Waals surface area contributed by atoms with Gasteiger partial charge < -0.3 is 34.3 Å². The first-order chi connectivity index (χ1) is 26.6. The predicted molar refractivity (Wildman–Crippen MR) is 215 cm³/mol. The van der Waals surface area contributed by atoms with Crippen molar-refractivity contribution in [3.8, 4) is 17.2 Å². The molecule has 1 spiro atoms. The van der Waals surface area contributed by atoms with E-state index in [4.69, 9.17) is 30.5 Å². The molecule has 2 N–H and O–H groups in total. The number of aliphatic carboxylic acids is 1. The number of nitrogens with zero attached hydrogens (tertiary/aromatic N) is 2. The second-order valence-electron chi connectivity index (χ2n) is 17.4. The summed E-state index contributed by atoms with van der Waals surface area (Å²) in [4.78, 5) is 20.3. The first-order valence-electron chi connectivity index (χ1n) is 20.7. The van der Waals surface area contributed by atoms with Crippen LogP contribution in [-0.2, 0) is 27.8 Å². The number of fused-ring (bicyclic) bond motifs is 4. The Labute approximate surface area is 331 Å². The molecular formula is C45H58ClN3O6. The van der Waals surface area contributed by atoms with E-state index in [1.54, 1.807) is 0 Å². The van der Waals surface area contributed by atoms with Gasteiger partial charge in [0.1, 0.15) is 11.3 Å². The number of methoxy groups -OCH3 is 1. The Morgan fingerprint density at radius 3 is 2.56 bits per heavy atom. The molecule has 9 nitrogen and oxygen atoms in total. The third-order valence-corrected chi connectivity index (χ3v) is 13.9. The molecule has 55 heavy (non-hydrogen) atoms. The van der Waals surface area contributed by atoms with Gasteiger partial charge in [-0.25, -0.2) is 4.79 Å². The minimum atomic E-state index is -1.08. The SMILES string of the molecule is COC1CCN(CC2COc3cc4c(cc3OC2)C2(CCC(Nc3cccc(Cl)c3)(C(=O)O)CC2)C(C[C@@H](C)COc2ccnc3c2[C@H](C)CCC3)C4)CC1. The lowest BCUT2D eigenvalue weighted by Crippen LogP contribution is -2.53. The molecule has 1 aromatic heterocycles. The van der Waals surface area contributed by atoms with Gasteiger partial charge in [-0.15, -0.1) is 0 Å². The quantitative estimate of drug-likeness (QED) is 0.198. The summed E-state index contributed by atoms with van der Waals surface area (Å²) in [5.74, 6) is 3.19. The van der Waals surface area contributed by atoms with E-state index in [9.17, 15) is 9.90 Å². The van der Waals surface area contributed by atoms with Crippen LogP contribution in [0.3, 0.4) is 0 Å². The average molecular weight is 772 g/mol. The van der Waals surface area contributed by atoms with Gasteiger partial charge >= 0.3 is 5.97 Å². The number of halogens is 1. The molecule has 8 rings (SSSR count). The number of rotatable bonds is 11. The lowest BCUT2D eigenvalue weighted by molar-refractivity contribution is -0.144. The smallest absolute Gasteiger partial charge is 0.329 e. The summed E-state index contributed by atoms with van der Waals surface area (Å²) in [7, 11) is 1.81. The third kappa shape index (κ3) is 7.91. The number of hydrogen-bond acceptors (Lipinski definition) is 8. The van der Waals surface area contributed by atoms with E-state index in [2.05, 4.69) is 41.2 Å². The number of hydrogen-bond donors (Lipinski definition) is 2. The molecule has 10 heteroatoms. The van der Waals surface area contributed by atoms with Gasteiger partial charge in [-0.05, 0) is 141 Å². The van der Waals surface area contributed by atoms with E-state index in [1.165, 1.54) is 35.2 Å². The zero-order chi connectivity index (χ0) is 38.2. The number of piperidine rings is 1. The number of benzene rings is 2. The van der Waals surface area contributed by atoms with Crippen LogP contribution in [0.5, 0.6) is 17.2 Å². The van der Waals surface area contributed by atoms with Crippen molar-refractivity contribution in [3.05, 3.63) is 76.1 Å². The lowest BCUT2D eigenvalue weighted by Gasteiger charge is -2.47. The van der Waals surface area contributed by atoms with Gasteiger partial charge in [0.05, 0.1) is 25.9 Å². The highest BCUT2D eigenvalue weighted by atomic mass is 35.5. The summed E-state index contributed by atoms with van der Waals surface area (Å²) in [6.45, 7) is 9.50. The number of nitrogens with one attached hydrogen (secondary N) is 1. The summed E-state index contributed by atoms with van der Waals surface area (Å²) in [6.07, 6.45) is 12.2. The number of carbonyl (C=O) groups is 1. The molecule has 5 aliphatic rings. The van der Waals surface area contributed by atoms with Crippen LogP contribution in [0.15, 0.2) is 48.7 Å². The van der Waals surface area contributed by atoms with Crippen LogP contribution in [-0.4, -0.2) is 79.2 Å². The van der Waals surface area contributed by atoms with Crippen molar-refractivity contribution in [3.63, 3.8) is 0 Å². The Morgan fingerprint density at radius 1 is 1.07 bits per heavy atom. The van der Waals surface area contributed by atoms with E-state index >= 15 is 0 Å². The van der Waals surface area contributed by atoms with Crippen molar-refractivity contribution in [2.24, 2.45) is 17.8 Å². The number of ether oxygens (including phenoxy) is 4. The molecule has 2 aromatic carbocycles. The van der Waals surface area contributed by atoms with Gasteiger partial charge in [-0.1, -0.05) is 31.5 Å². The third-order valence-electron chi connectivity index (χ3n) is 13.7. The minimum absolute atomic E-state index is 0.182. The Kier molecular flexibility index (Phi) is 11.3. The minimum Gasteiger partial charge on any atom is -0.493 e. The normalized spacial score (nSPS) is 28.5. The molecule has 3 heterocycles. The average Bonchev–Trinajstić information content (AvgIpc) is 3.31. The van der Waals surface area contributed by atoms with Gasteiger partial charge in [-0.3, -0.25) is 4.98 Å². The second kappa shape index (κ2) is 16.1. The number of pyridine rings is 1. The molecule has 2 fully saturated rings. The molecule has 4 atom stereocenters. The Balaban J connectivity index is 1.02. The van der Waals surface area contributed by atoms with Crippen molar-refractivity contribution in [2.75, 3.05) is 51.9 Å². The predicted octanol–water partition coefficient (Wildman–Crippen LogP) is 8.70. The van der Waals surface area contributed by atoms with Crippen LogP contribution in [0.4, 0.5) is 5.69 Å². The summed E-state index contributed by atoms with van der Waals surface area (Å²) in [6, 6.07) is 13.9. The summed E-state index contributed by atoms with van der Waals surface area (Å²) < 4.78 is 25.4. The van der Waals surface area contributed by atoms with Crippen molar-refractivity contribution in [1.82, 2.24) is 9.88 Å².